The Bertz CT molecular complexity index is 327. The normalized spacial score (nSPS) is 11.6. The molecule has 0 amide bonds. The van der Waals surface area contributed by atoms with Gasteiger partial charge in [-0.15, -0.1) is 0 Å². The third-order valence-electron chi connectivity index (χ3n) is 2.58. The Morgan fingerprint density at radius 3 is 2.44 bits per heavy atom. The van der Waals surface area contributed by atoms with Gasteiger partial charge in [0.05, 0.1) is 12.2 Å². The minimum absolute atomic E-state index is 0.585. The number of hydrogen-bond acceptors (Lipinski definition) is 3. The van der Waals surface area contributed by atoms with Crippen LogP contribution in [-0.4, -0.2) is 23.9 Å². The molecule has 0 bridgehead atoms. The van der Waals surface area contributed by atoms with Crippen molar-refractivity contribution >= 4 is 0 Å². The molecule has 3 nitrogen and oxygen atoms in total. The van der Waals surface area contributed by atoms with Gasteiger partial charge in [-0.3, -0.25) is 0 Å². The molecule has 0 aromatic heterocycles. The maximum absolute atomic E-state index is 9.58. The topological polar surface area (TPSA) is 41.5 Å². The fraction of sp³-hybridized carbons (Fsp3) is 0.600. The highest BCUT2D eigenvalue weighted by atomic mass is 16.5. The molecule has 0 heterocycles. The molecule has 0 aliphatic carbocycles. The number of hydrogen-bond donors (Lipinski definition) is 2. The van der Waals surface area contributed by atoms with Crippen molar-refractivity contribution in [3.8, 4) is 5.75 Å². The summed E-state index contributed by atoms with van der Waals surface area (Å²) in [6.07, 6.45) is 2.24. The predicted molar refractivity (Wildman–Crippen MR) is 74.8 cm³/mol. The maximum Gasteiger partial charge on any atom is 0.119 e. The van der Waals surface area contributed by atoms with Crippen LogP contribution in [0, 0.1) is 0 Å². The first kappa shape index (κ1) is 15.0. The lowest BCUT2D eigenvalue weighted by Gasteiger charge is -2.17. The predicted octanol–water partition coefficient (Wildman–Crippen LogP) is 2.73. The summed E-state index contributed by atoms with van der Waals surface area (Å²) in [6, 6.07) is 8.10. The smallest absolute Gasteiger partial charge is 0.119 e. The molecular formula is C15H25NO2. The lowest BCUT2D eigenvalue weighted by Crippen LogP contribution is -2.34. The van der Waals surface area contributed by atoms with Crippen LogP contribution in [-0.2, 0) is 6.54 Å². The molecular weight excluding hydrogens is 226 g/mol. The number of aliphatic hydroxyl groups is 1. The molecule has 0 saturated heterocycles. The molecule has 0 aliphatic rings. The Balaban J connectivity index is 2.31. The molecule has 0 radical (unpaired) electrons. The molecule has 1 aromatic carbocycles. The van der Waals surface area contributed by atoms with E-state index < -0.39 is 5.60 Å². The van der Waals surface area contributed by atoms with Crippen LogP contribution in [0.2, 0.25) is 0 Å². The Labute approximate surface area is 110 Å². The van der Waals surface area contributed by atoms with Crippen LogP contribution in [0.25, 0.3) is 0 Å². The summed E-state index contributed by atoms with van der Waals surface area (Å²) in [5.74, 6) is 0.926. The molecule has 0 spiro atoms. The Kier molecular flexibility index (Phi) is 6.16. The van der Waals surface area contributed by atoms with Gasteiger partial charge in [0.1, 0.15) is 5.75 Å². The monoisotopic (exact) mass is 251 g/mol. The molecule has 1 aromatic rings. The first-order chi connectivity index (χ1) is 8.51. The van der Waals surface area contributed by atoms with Crippen LogP contribution in [0.3, 0.4) is 0 Å². The van der Waals surface area contributed by atoms with Crippen molar-refractivity contribution in [2.24, 2.45) is 0 Å². The zero-order chi connectivity index (χ0) is 13.4. The largest absolute Gasteiger partial charge is 0.494 e. The van der Waals surface area contributed by atoms with E-state index in [4.69, 9.17) is 4.74 Å². The van der Waals surface area contributed by atoms with Crippen molar-refractivity contribution in [3.05, 3.63) is 29.8 Å². The molecule has 0 atom stereocenters. The van der Waals surface area contributed by atoms with Crippen LogP contribution in [0.5, 0.6) is 5.75 Å². The van der Waals surface area contributed by atoms with E-state index in [-0.39, 0.29) is 0 Å². The molecule has 2 N–H and O–H groups in total. The minimum atomic E-state index is -0.663. The highest BCUT2D eigenvalue weighted by Crippen LogP contribution is 2.12. The SMILES string of the molecule is CCCCOc1ccc(CNCC(C)(C)O)cc1. The average Bonchev–Trinajstić information content (AvgIpc) is 2.30. The quantitative estimate of drug-likeness (QED) is 0.698. The van der Waals surface area contributed by atoms with Gasteiger partial charge < -0.3 is 15.2 Å². The second-order valence-corrected chi connectivity index (χ2v) is 5.26. The highest BCUT2D eigenvalue weighted by Gasteiger charge is 2.10. The van der Waals surface area contributed by atoms with Gasteiger partial charge in [-0.2, -0.15) is 0 Å². The van der Waals surface area contributed by atoms with Crippen LogP contribution >= 0.6 is 0 Å². The number of benzene rings is 1. The number of nitrogens with one attached hydrogen (secondary N) is 1. The molecule has 0 aliphatic heterocycles. The second kappa shape index (κ2) is 7.39. The van der Waals surface area contributed by atoms with E-state index >= 15 is 0 Å². The number of ether oxygens (including phenoxy) is 1. The summed E-state index contributed by atoms with van der Waals surface area (Å²) in [4.78, 5) is 0. The van der Waals surface area contributed by atoms with E-state index in [1.54, 1.807) is 13.8 Å². The summed E-state index contributed by atoms with van der Waals surface area (Å²) in [6.45, 7) is 7.88. The molecule has 3 heteroatoms. The molecule has 102 valence electrons. The van der Waals surface area contributed by atoms with Crippen molar-refractivity contribution in [1.29, 1.82) is 0 Å². The molecule has 0 fully saturated rings. The molecule has 0 saturated carbocycles. The van der Waals surface area contributed by atoms with Gasteiger partial charge in [0.15, 0.2) is 0 Å². The summed E-state index contributed by atoms with van der Waals surface area (Å²) >= 11 is 0. The van der Waals surface area contributed by atoms with E-state index in [0.717, 1.165) is 31.7 Å². The number of rotatable bonds is 8. The highest BCUT2D eigenvalue weighted by molar-refractivity contribution is 5.27. The van der Waals surface area contributed by atoms with E-state index in [1.807, 2.05) is 12.1 Å². The van der Waals surface area contributed by atoms with Crippen LogP contribution < -0.4 is 10.1 Å². The fourth-order valence-corrected chi connectivity index (χ4v) is 1.55. The average molecular weight is 251 g/mol. The van der Waals surface area contributed by atoms with Gasteiger partial charge in [-0.25, -0.2) is 0 Å². The van der Waals surface area contributed by atoms with Gasteiger partial charge in [0, 0.05) is 13.1 Å². The van der Waals surface area contributed by atoms with Crippen LogP contribution in [0.1, 0.15) is 39.2 Å². The molecule has 18 heavy (non-hydrogen) atoms. The van der Waals surface area contributed by atoms with E-state index in [2.05, 4.69) is 24.4 Å². The summed E-state index contributed by atoms with van der Waals surface area (Å²) < 4.78 is 5.60. The van der Waals surface area contributed by atoms with E-state index in [9.17, 15) is 5.11 Å². The summed E-state index contributed by atoms with van der Waals surface area (Å²) in [5.41, 5.74) is 0.533. The van der Waals surface area contributed by atoms with E-state index in [1.165, 1.54) is 5.56 Å². The fourth-order valence-electron chi connectivity index (χ4n) is 1.55. The van der Waals surface area contributed by atoms with Gasteiger partial charge in [-0.1, -0.05) is 25.5 Å². The van der Waals surface area contributed by atoms with Gasteiger partial charge in [0.25, 0.3) is 0 Å². The van der Waals surface area contributed by atoms with Crippen molar-refractivity contribution in [1.82, 2.24) is 5.32 Å². The lowest BCUT2D eigenvalue weighted by molar-refractivity contribution is 0.0795. The molecule has 1 rings (SSSR count). The summed E-state index contributed by atoms with van der Waals surface area (Å²) in [5, 5.41) is 12.8. The lowest BCUT2D eigenvalue weighted by atomic mass is 10.1. The van der Waals surface area contributed by atoms with Crippen molar-refractivity contribution in [2.45, 2.75) is 45.8 Å². The van der Waals surface area contributed by atoms with Gasteiger partial charge in [-0.05, 0) is 38.0 Å². The zero-order valence-electron chi connectivity index (χ0n) is 11.7. The second-order valence-electron chi connectivity index (χ2n) is 5.26. The summed E-state index contributed by atoms with van der Waals surface area (Å²) in [7, 11) is 0. The van der Waals surface area contributed by atoms with Gasteiger partial charge >= 0.3 is 0 Å². The maximum atomic E-state index is 9.58. The Morgan fingerprint density at radius 2 is 1.89 bits per heavy atom. The van der Waals surface area contributed by atoms with Crippen LogP contribution in [0.15, 0.2) is 24.3 Å². The van der Waals surface area contributed by atoms with Crippen LogP contribution in [0.4, 0.5) is 0 Å². The third-order valence-corrected chi connectivity index (χ3v) is 2.58. The Morgan fingerprint density at radius 1 is 1.22 bits per heavy atom. The standard InChI is InChI=1S/C15H25NO2/c1-4-5-10-18-14-8-6-13(7-9-14)11-16-12-15(2,3)17/h6-9,16-17H,4-5,10-12H2,1-3H3. The third kappa shape index (κ3) is 6.62. The number of unbranched alkanes of at least 4 members (excludes halogenated alkanes) is 1. The van der Waals surface area contributed by atoms with E-state index in [0.29, 0.717) is 6.54 Å². The van der Waals surface area contributed by atoms with Crippen molar-refractivity contribution < 1.29 is 9.84 Å². The first-order valence-corrected chi connectivity index (χ1v) is 6.66. The first-order valence-electron chi connectivity index (χ1n) is 6.66. The van der Waals surface area contributed by atoms with Gasteiger partial charge in [0.2, 0.25) is 0 Å². The van der Waals surface area contributed by atoms with Crippen molar-refractivity contribution in [3.63, 3.8) is 0 Å². The zero-order valence-corrected chi connectivity index (χ0v) is 11.7. The Hall–Kier alpha value is -1.06. The molecule has 0 unspecified atom stereocenters. The minimum Gasteiger partial charge on any atom is -0.494 e. The van der Waals surface area contributed by atoms with Crippen molar-refractivity contribution in [2.75, 3.05) is 13.2 Å².